The van der Waals surface area contributed by atoms with Gasteiger partial charge in [-0.05, 0) is 38.0 Å². The first-order valence-corrected chi connectivity index (χ1v) is 10.0. The molecule has 1 aliphatic heterocycles. The molecule has 7 heteroatoms. The van der Waals surface area contributed by atoms with Gasteiger partial charge in [0, 0.05) is 12.1 Å². The summed E-state index contributed by atoms with van der Waals surface area (Å²) in [5.41, 5.74) is 0. The van der Waals surface area contributed by atoms with Crippen LogP contribution in [0, 0.1) is 5.92 Å². The third-order valence-corrected chi connectivity index (χ3v) is 6.21. The molecule has 26 heavy (non-hydrogen) atoms. The van der Waals surface area contributed by atoms with Crippen LogP contribution in [0.1, 0.15) is 64.2 Å². The number of nitrogens with one attached hydrogen (secondary N) is 2. The molecule has 7 nitrogen and oxygen atoms in total. The molecule has 3 aliphatic rings. The van der Waals surface area contributed by atoms with Gasteiger partial charge in [-0.15, -0.1) is 0 Å². The molecular formula is C19H31N3O4. The lowest BCUT2D eigenvalue weighted by molar-refractivity contribution is -0.146. The number of nitrogens with zero attached hydrogens (tertiary/aromatic N) is 1. The summed E-state index contributed by atoms with van der Waals surface area (Å²) in [6, 6.07) is -0.398. The Morgan fingerprint density at radius 2 is 1.69 bits per heavy atom. The van der Waals surface area contributed by atoms with E-state index in [0.29, 0.717) is 5.92 Å². The van der Waals surface area contributed by atoms with E-state index in [0.717, 1.165) is 51.4 Å². The first-order chi connectivity index (χ1) is 12.6. The number of amides is 3. The van der Waals surface area contributed by atoms with Gasteiger partial charge in [0.2, 0.25) is 5.91 Å². The number of hydrogen-bond acceptors (Lipinski definition) is 5. The van der Waals surface area contributed by atoms with Crippen molar-refractivity contribution in [2.45, 2.75) is 82.3 Å². The van der Waals surface area contributed by atoms with Gasteiger partial charge < -0.3 is 10.1 Å². The highest BCUT2D eigenvalue weighted by atomic mass is 16.5. The standard InChI is InChI=1S/C19H31N3O4/c1-26-18(24)16-11-13-7-5-6-10-15(13)22(16)12-17(23)21-19(25)20-14-8-3-2-4-9-14/h13-16H,2-12H2,1H3,(H2,20,21,23,25)/t13-,15+,16-/m0/s1. The normalized spacial score (nSPS) is 29.7. The maximum Gasteiger partial charge on any atom is 0.323 e. The molecule has 0 aromatic heterocycles. The van der Waals surface area contributed by atoms with Gasteiger partial charge in [-0.3, -0.25) is 19.8 Å². The van der Waals surface area contributed by atoms with Gasteiger partial charge in [-0.1, -0.05) is 32.1 Å². The van der Waals surface area contributed by atoms with Crippen LogP contribution in [-0.4, -0.2) is 54.6 Å². The number of carbonyl (C=O) groups is 3. The van der Waals surface area contributed by atoms with Gasteiger partial charge in [0.25, 0.3) is 0 Å². The van der Waals surface area contributed by atoms with Crippen LogP contribution >= 0.6 is 0 Å². The molecule has 0 aromatic rings. The second-order valence-electron chi connectivity index (χ2n) is 7.92. The number of hydrogen-bond donors (Lipinski definition) is 2. The number of imide groups is 1. The van der Waals surface area contributed by atoms with E-state index >= 15 is 0 Å². The molecule has 0 aromatic carbocycles. The second-order valence-corrected chi connectivity index (χ2v) is 7.92. The van der Waals surface area contributed by atoms with Crippen molar-refractivity contribution in [1.82, 2.24) is 15.5 Å². The van der Waals surface area contributed by atoms with Gasteiger partial charge >= 0.3 is 12.0 Å². The topological polar surface area (TPSA) is 87.7 Å². The van der Waals surface area contributed by atoms with Crippen LogP contribution in [0.15, 0.2) is 0 Å². The van der Waals surface area contributed by atoms with Crippen molar-refractivity contribution in [3.63, 3.8) is 0 Å². The molecule has 0 spiro atoms. The average molecular weight is 365 g/mol. The fraction of sp³-hybridized carbons (Fsp3) is 0.842. The SMILES string of the molecule is COC(=O)[C@@H]1C[C@@H]2CCCC[C@H]2N1CC(=O)NC(=O)NC1CCCCC1. The summed E-state index contributed by atoms with van der Waals surface area (Å²) in [6.07, 6.45) is 10.5. The van der Waals surface area contributed by atoms with E-state index in [2.05, 4.69) is 10.6 Å². The number of rotatable bonds is 4. The average Bonchev–Trinajstić information content (AvgIpc) is 3.00. The third kappa shape index (κ3) is 4.55. The molecule has 3 rings (SSSR count). The Labute approximate surface area is 155 Å². The van der Waals surface area contributed by atoms with Crippen LogP contribution in [0.5, 0.6) is 0 Å². The number of urea groups is 1. The Morgan fingerprint density at radius 1 is 1.00 bits per heavy atom. The van der Waals surface area contributed by atoms with Crippen molar-refractivity contribution in [3.8, 4) is 0 Å². The molecule has 2 aliphatic carbocycles. The Hall–Kier alpha value is -1.63. The van der Waals surface area contributed by atoms with Crippen molar-refractivity contribution >= 4 is 17.9 Å². The smallest absolute Gasteiger partial charge is 0.323 e. The first kappa shape index (κ1) is 19.1. The predicted octanol–water partition coefficient (Wildman–Crippen LogP) is 1.95. The van der Waals surface area contributed by atoms with E-state index in [1.165, 1.54) is 20.0 Å². The molecule has 0 unspecified atom stereocenters. The van der Waals surface area contributed by atoms with Gasteiger partial charge in [0.1, 0.15) is 6.04 Å². The number of carbonyl (C=O) groups excluding carboxylic acids is 3. The third-order valence-electron chi connectivity index (χ3n) is 6.21. The highest BCUT2D eigenvalue weighted by molar-refractivity contribution is 5.95. The Kier molecular flexibility index (Phi) is 6.51. The van der Waals surface area contributed by atoms with Gasteiger partial charge in [-0.2, -0.15) is 0 Å². The fourth-order valence-corrected chi connectivity index (χ4v) is 4.95. The summed E-state index contributed by atoms with van der Waals surface area (Å²) in [7, 11) is 1.39. The van der Waals surface area contributed by atoms with Crippen LogP contribution in [-0.2, 0) is 14.3 Å². The lowest BCUT2D eigenvalue weighted by atomic mass is 9.85. The summed E-state index contributed by atoms with van der Waals surface area (Å²) >= 11 is 0. The van der Waals surface area contributed by atoms with Crippen molar-refractivity contribution in [2.24, 2.45) is 5.92 Å². The molecule has 0 radical (unpaired) electrons. The lowest BCUT2D eigenvalue weighted by Crippen LogP contribution is -2.51. The molecule has 3 fully saturated rings. The van der Waals surface area contributed by atoms with E-state index in [4.69, 9.17) is 4.74 Å². The van der Waals surface area contributed by atoms with Crippen molar-refractivity contribution in [3.05, 3.63) is 0 Å². The van der Waals surface area contributed by atoms with Crippen LogP contribution < -0.4 is 10.6 Å². The lowest BCUT2D eigenvalue weighted by Gasteiger charge is -2.32. The Morgan fingerprint density at radius 3 is 2.42 bits per heavy atom. The fourth-order valence-electron chi connectivity index (χ4n) is 4.95. The van der Waals surface area contributed by atoms with E-state index < -0.39 is 6.03 Å². The second kappa shape index (κ2) is 8.84. The summed E-state index contributed by atoms with van der Waals surface area (Å²) in [5.74, 6) is -0.186. The van der Waals surface area contributed by atoms with E-state index in [1.54, 1.807) is 0 Å². The van der Waals surface area contributed by atoms with Crippen molar-refractivity contribution in [1.29, 1.82) is 0 Å². The minimum atomic E-state index is -0.420. The summed E-state index contributed by atoms with van der Waals surface area (Å²) in [6.45, 7) is 0.0685. The Balaban J connectivity index is 1.55. The van der Waals surface area contributed by atoms with Gasteiger partial charge in [-0.25, -0.2) is 4.79 Å². The first-order valence-electron chi connectivity index (χ1n) is 10.0. The molecule has 0 bridgehead atoms. The zero-order valence-corrected chi connectivity index (χ0v) is 15.7. The van der Waals surface area contributed by atoms with Crippen molar-refractivity contribution in [2.75, 3.05) is 13.7 Å². The monoisotopic (exact) mass is 365 g/mol. The maximum absolute atomic E-state index is 12.4. The maximum atomic E-state index is 12.4. The zero-order valence-electron chi connectivity index (χ0n) is 15.7. The summed E-state index contributed by atoms with van der Waals surface area (Å²) in [4.78, 5) is 38.6. The summed E-state index contributed by atoms with van der Waals surface area (Å²) < 4.78 is 4.94. The molecule has 1 saturated heterocycles. The molecule has 146 valence electrons. The number of methoxy groups -OCH3 is 1. The van der Waals surface area contributed by atoms with E-state index in [-0.39, 0.29) is 36.5 Å². The van der Waals surface area contributed by atoms with Crippen LogP contribution in [0.4, 0.5) is 4.79 Å². The highest BCUT2D eigenvalue weighted by Crippen LogP contribution is 2.39. The van der Waals surface area contributed by atoms with Crippen molar-refractivity contribution < 1.29 is 19.1 Å². The van der Waals surface area contributed by atoms with E-state index in [9.17, 15) is 14.4 Å². The predicted molar refractivity (Wildman–Crippen MR) is 96.4 cm³/mol. The molecule has 1 heterocycles. The quantitative estimate of drug-likeness (QED) is 0.744. The van der Waals surface area contributed by atoms with Crippen LogP contribution in [0.25, 0.3) is 0 Å². The molecule has 2 N–H and O–H groups in total. The Bertz CT molecular complexity index is 533. The largest absolute Gasteiger partial charge is 0.468 e. The van der Waals surface area contributed by atoms with Crippen LogP contribution in [0.2, 0.25) is 0 Å². The van der Waals surface area contributed by atoms with Crippen LogP contribution in [0.3, 0.4) is 0 Å². The number of likely N-dealkylation sites (tertiary alicyclic amines) is 1. The number of ether oxygens (including phenoxy) is 1. The highest BCUT2D eigenvalue weighted by Gasteiger charge is 2.46. The molecule has 3 atom stereocenters. The molecule has 2 saturated carbocycles. The van der Waals surface area contributed by atoms with Gasteiger partial charge in [0.15, 0.2) is 0 Å². The summed E-state index contributed by atoms with van der Waals surface area (Å²) in [5, 5.41) is 5.34. The zero-order chi connectivity index (χ0) is 18.5. The number of esters is 1. The minimum absolute atomic E-state index is 0.0685. The molecule has 3 amide bonds. The minimum Gasteiger partial charge on any atom is -0.468 e. The molecular weight excluding hydrogens is 334 g/mol. The van der Waals surface area contributed by atoms with Gasteiger partial charge in [0.05, 0.1) is 13.7 Å². The number of fused-ring (bicyclic) bond motifs is 1. The van der Waals surface area contributed by atoms with E-state index in [1.807, 2.05) is 4.90 Å².